The molecule has 0 rings (SSSR count). The topological polar surface area (TPSA) is 44.4 Å². The Balaban J connectivity index is 5.44. The Hall–Kier alpha value is -0.450. The van der Waals surface area contributed by atoms with Crippen molar-refractivity contribution < 1.29 is 4.79 Å². The van der Waals surface area contributed by atoms with Gasteiger partial charge in [-0.2, -0.15) is 0 Å². The molecule has 4 heteroatoms. The fourth-order valence-electron chi connectivity index (χ4n) is 5.68. The first kappa shape index (κ1) is 33.5. The van der Waals surface area contributed by atoms with Gasteiger partial charge in [-0.1, -0.05) is 90.0 Å². The van der Waals surface area contributed by atoms with E-state index in [0.29, 0.717) is 24.4 Å². The highest BCUT2D eigenvalue weighted by atomic mass is 16.1. The third-order valence-corrected chi connectivity index (χ3v) is 6.77. The van der Waals surface area contributed by atoms with Gasteiger partial charge in [0, 0.05) is 44.2 Å². The number of carbonyl (C=O) groups excluding carboxylic acids is 1. The monoisotopic (exact) mass is 481 g/mol. The summed E-state index contributed by atoms with van der Waals surface area (Å²) >= 11 is 0. The smallest absolute Gasteiger partial charge is 0.149 e. The summed E-state index contributed by atoms with van der Waals surface area (Å²) < 4.78 is 0. The Morgan fingerprint density at radius 2 is 1.12 bits per heavy atom. The summed E-state index contributed by atoms with van der Waals surface area (Å²) in [5.41, 5.74) is 0.674. The number of hydrogen-bond acceptors (Lipinski definition) is 4. The number of Topliss-reactive ketones (excluding diaryl/α,β-unsaturated/α-hetero) is 1. The van der Waals surface area contributed by atoms with Crippen LogP contribution in [0.2, 0.25) is 0 Å². The molecule has 4 nitrogen and oxygen atoms in total. The lowest BCUT2D eigenvalue weighted by Crippen LogP contribution is -2.47. The predicted molar refractivity (Wildman–Crippen MR) is 152 cm³/mol. The molecule has 0 fully saturated rings. The number of rotatable bonds is 18. The number of nitrogens with zero attached hydrogens (tertiary/aromatic N) is 1. The zero-order valence-electron chi connectivity index (χ0n) is 25.7. The van der Waals surface area contributed by atoms with Gasteiger partial charge in [0.2, 0.25) is 0 Å². The molecule has 0 bridgehead atoms. The van der Waals surface area contributed by atoms with Gasteiger partial charge in [-0.3, -0.25) is 9.69 Å². The molecule has 0 aliphatic rings. The fraction of sp³-hybridized carbons (Fsp3) is 0.967. The molecule has 0 heterocycles. The van der Waals surface area contributed by atoms with E-state index >= 15 is 0 Å². The van der Waals surface area contributed by atoms with E-state index in [1.54, 1.807) is 0 Å². The number of nitrogens with one attached hydrogen (secondary N) is 2. The molecule has 204 valence electrons. The van der Waals surface area contributed by atoms with E-state index in [2.05, 4.69) is 98.6 Å². The van der Waals surface area contributed by atoms with Crippen LogP contribution in [0.5, 0.6) is 0 Å². The van der Waals surface area contributed by atoms with Gasteiger partial charge in [-0.25, -0.2) is 0 Å². The van der Waals surface area contributed by atoms with Crippen LogP contribution in [0.4, 0.5) is 0 Å². The lowest BCUT2D eigenvalue weighted by Gasteiger charge is -2.43. The highest BCUT2D eigenvalue weighted by molar-refractivity contribution is 5.82. The Morgan fingerprint density at radius 3 is 1.47 bits per heavy atom. The first-order chi connectivity index (χ1) is 15.2. The quantitative estimate of drug-likeness (QED) is 0.226. The van der Waals surface area contributed by atoms with E-state index in [-0.39, 0.29) is 27.6 Å². The third-order valence-electron chi connectivity index (χ3n) is 6.77. The summed E-state index contributed by atoms with van der Waals surface area (Å²) in [6.07, 6.45) is 3.40. The molecule has 1 unspecified atom stereocenters. The highest BCUT2D eigenvalue weighted by Crippen LogP contribution is 2.37. The van der Waals surface area contributed by atoms with Crippen LogP contribution >= 0.6 is 0 Å². The molecule has 1 atom stereocenters. The SMILES string of the molecule is CCC(C)NCC(C)(C)CC(C)(C)CN(CC(=O)C(C)C)CC(C)(C)CC(C)(C)CNC(C)C. The van der Waals surface area contributed by atoms with E-state index in [1.165, 1.54) is 0 Å². The van der Waals surface area contributed by atoms with Gasteiger partial charge < -0.3 is 10.6 Å². The minimum Gasteiger partial charge on any atom is -0.314 e. The molecule has 2 N–H and O–H groups in total. The molecule has 0 spiro atoms. The van der Waals surface area contributed by atoms with Crippen molar-refractivity contribution in [3.63, 3.8) is 0 Å². The molecular weight excluding hydrogens is 418 g/mol. The largest absolute Gasteiger partial charge is 0.314 e. The zero-order chi connectivity index (χ0) is 27.0. The maximum absolute atomic E-state index is 12.8. The van der Waals surface area contributed by atoms with Crippen molar-refractivity contribution in [1.29, 1.82) is 0 Å². The lowest BCUT2D eigenvalue weighted by atomic mass is 9.73. The molecule has 0 aromatic carbocycles. The van der Waals surface area contributed by atoms with E-state index in [4.69, 9.17) is 0 Å². The Bertz CT molecular complexity index is 590. The van der Waals surface area contributed by atoms with Crippen LogP contribution in [0.15, 0.2) is 0 Å². The molecule has 0 saturated carbocycles. The van der Waals surface area contributed by atoms with Crippen LogP contribution in [0, 0.1) is 27.6 Å². The molecule has 0 aromatic rings. The van der Waals surface area contributed by atoms with Gasteiger partial charge >= 0.3 is 0 Å². The number of hydrogen-bond donors (Lipinski definition) is 2. The zero-order valence-corrected chi connectivity index (χ0v) is 25.7. The van der Waals surface area contributed by atoms with Crippen LogP contribution in [-0.2, 0) is 4.79 Å². The van der Waals surface area contributed by atoms with Crippen LogP contribution in [0.1, 0.15) is 116 Å². The Kier molecular flexibility index (Phi) is 13.6. The van der Waals surface area contributed by atoms with E-state index in [0.717, 1.165) is 45.4 Å². The lowest BCUT2D eigenvalue weighted by molar-refractivity contribution is -0.123. The maximum atomic E-state index is 12.8. The van der Waals surface area contributed by atoms with Crippen molar-refractivity contribution in [3.8, 4) is 0 Å². The maximum Gasteiger partial charge on any atom is 0.149 e. The van der Waals surface area contributed by atoms with Crippen LogP contribution < -0.4 is 10.6 Å². The van der Waals surface area contributed by atoms with Crippen LogP contribution in [0.3, 0.4) is 0 Å². The molecule has 34 heavy (non-hydrogen) atoms. The molecule has 0 radical (unpaired) electrons. The minimum atomic E-state index is 0.0802. The van der Waals surface area contributed by atoms with Crippen molar-refractivity contribution in [2.45, 2.75) is 128 Å². The van der Waals surface area contributed by atoms with Crippen LogP contribution in [0.25, 0.3) is 0 Å². The van der Waals surface area contributed by atoms with Gasteiger partial charge in [-0.15, -0.1) is 0 Å². The molecule has 0 aliphatic carbocycles. The van der Waals surface area contributed by atoms with Crippen molar-refractivity contribution in [1.82, 2.24) is 15.5 Å². The van der Waals surface area contributed by atoms with Gasteiger partial charge in [0.1, 0.15) is 5.78 Å². The fourth-order valence-corrected chi connectivity index (χ4v) is 5.68. The summed E-state index contributed by atoms with van der Waals surface area (Å²) in [6.45, 7) is 36.5. The Labute approximate surface area is 214 Å². The normalized spacial score (nSPS) is 15.0. The molecule has 0 aromatic heterocycles. The van der Waals surface area contributed by atoms with Gasteiger partial charge in [0.05, 0.1) is 6.54 Å². The van der Waals surface area contributed by atoms with E-state index in [9.17, 15) is 4.79 Å². The molecular formula is C30H63N3O. The first-order valence-electron chi connectivity index (χ1n) is 13.9. The summed E-state index contributed by atoms with van der Waals surface area (Å²) in [5.74, 6) is 0.432. The average Bonchev–Trinajstić information content (AvgIpc) is 2.61. The summed E-state index contributed by atoms with van der Waals surface area (Å²) in [4.78, 5) is 15.3. The summed E-state index contributed by atoms with van der Waals surface area (Å²) in [7, 11) is 0. The van der Waals surface area contributed by atoms with Crippen molar-refractivity contribution in [2.24, 2.45) is 27.6 Å². The summed E-state index contributed by atoms with van der Waals surface area (Å²) in [6, 6.07) is 1.05. The number of ketones is 1. The predicted octanol–water partition coefficient (Wildman–Crippen LogP) is 6.78. The highest BCUT2D eigenvalue weighted by Gasteiger charge is 2.35. The van der Waals surface area contributed by atoms with Crippen molar-refractivity contribution in [2.75, 3.05) is 32.7 Å². The molecule has 0 aliphatic heterocycles. The Morgan fingerprint density at radius 1 is 0.706 bits per heavy atom. The second-order valence-electron chi connectivity index (χ2n) is 15.0. The number of carbonyl (C=O) groups is 1. The average molecular weight is 482 g/mol. The summed E-state index contributed by atoms with van der Waals surface area (Å²) in [5, 5.41) is 7.33. The van der Waals surface area contributed by atoms with Crippen LogP contribution in [-0.4, -0.2) is 55.5 Å². The van der Waals surface area contributed by atoms with Crippen molar-refractivity contribution >= 4 is 5.78 Å². The van der Waals surface area contributed by atoms with E-state index < -0.39 is 0 Å². The second kappa shape index (κ2) is 13.7. The second-order valence-corrected chi connectivity index (χ2v) is 15.0. The van der Waals surface area contributed by atoms with Crippen molar-refractivity contribution in [3.05, 3.63) is 0 Å². The standard InChI is InChI=1S/C30H63N3O/c1-15-25(6)32-20-28(9,10)18-30(13,14)22-33(16-26(34)23(2)3)21-29(11,12)17-27(7,8)19-31-24(4)5/h23-25,31-32H,15-22H2,1-14H3. The molecule has 0 saturated heterocycles. The third kappa shape index (κ3) is 15.5. The molecule has 0 amide bonds. The van der Waals surface area contributed by atoms with Gasteiger partial charge in [-0.05, 0) is 47.8 Å². The van der Waals surface area contributed by atoms with E-state index in [1.807, 2.05) is 13.8 Å². The van der Waals surface area contributed by atoms with Gasteiger partial charge in [0.25, 0.3) is 0 Å². The first-order valence-corrected chi connectivity index (χ1v) is 13.9. The van der Waals surface area contributed by atoms with Gasteiger partial charge in [0.15, 0.2) is 0 Å². The minimum absolute atomic E-state index is 0.0802.